The Morgan fingerprint density at radius 2 is 2.00 bits per heavy atom. The van der Waals surface area contributed by atoms with Gasteiger partial charge in [-0.3, -0.25) is 9.78 Å². The van der Waals surface area contributed by atoms with Crippen LogP contribution < -0.4 is 10.6 Å². The van der Waals surface area contributed by atoms with E-state index in [0.29, 0.717) is 6.04 Å². The van der Waals surface area contributed by atoms with Crippen molar-refractivity contribution in [1.29, 1.82) is 0 Å². The predicted molar refractivity (Wildman–Crippen MR) is 104 cm³/mol. The number of rotatable bonds is 8. The average molecular weight is 349 g/mol. The van der Waals surface area contributed by atoms with Crippen LogP contribution in [0.25, 0.3) is 0 Å². The summed E-state index contributed by atoms with van der Waals surface area (Å²) in [6.07, 6.45) is 8.70. The minimum absolute atomic E-state index is 0.173. The van der Waals surface area contributed by atoms with Gasteiger partial charge in [0.15, 0.2) is 0 Å². The van der Waals surface area contributed by atoms with Gasteiger partial charge in [-0.2, -0.15) is 0 Å². The first kappa shape index (κ1) is 17.2. The van der Waals surface area contributed by atoms with E-state index < -0.39 is 0 Å². The van der Waals surface area contributed by atoms with Gasteiger partial charge in [0, 0.05) is 42.5 Å². The molecule has 4 nitrogen and oxygen atoms in total. The van der Waals surface area contributed by atoms with Gasteiger partial charge in [-0.15, -0.1) is 0 Å². The van der Waals surface area contributed by atoms with Gasteiger partial charge in [0.2, 0.25) is 5.91 Å². The minimum Gasteiger partial charge on any atom is -0.326 e. The Bertz CT molecular complexity index is 738. The largest absolute Gasteiger partial charge is 0.326 e. The van der Waals surface area contributed by atoms with Crippen molar-refractivity contribution in [1.82, 2.24) is 10.3 Å². The summed E-state index contributed by atoms with van der Waals surface area (Å²) in [7, 11) is 0. The number of amides is 1. The normalized spacial score (nSPS) is 18.2. The molecule has 2 aromatic rings. The Labute approximate surface area is 155 Å². The molecule has 4 heteroatoms. The smallest absolute Gasteiger partial charge is 0.227 e. The highest BCUT2D eigenvalue weighted by Crippen LogP contribution is 2.34. The molecule has 1 unspecified atom stereocenters. The Kier molecular flexibility index (Phi) is 5.30. The summed E-state index contributed by atoms with van der Waals surface area (Å²) in [5.41, 5.74) is 3.27. The van der Waals surface area contributed by atoms with Crippen molar-refractivity contribution in [2.24, 2.45) is 11.8 Å². The second kappa shape index (κ2) is 8.00. The number of hydrogen-bond acceptors (Lipinski definition) is 3. The van der Waals surface area contributed by atoms with Crippen LogP contribution in [0, 0.1) is 11.8 Å². The van der Waals surface area contributed by atoms with E-state index in [1.807, 2.05) is 24.4 Å². The number of carbonyl (C=O) groups excluding carboxylic acids is 1. The van der Waals surface area contributed by atoms with Crippen molar-refractivity contribution in [2.75, 3.05) is 5.32 Å². The first-order valence-corrected chi connectivity index (χ1v) is 9.81. The number of anilines is 1. The van der Waals surface area contributed by atoms with Crippen LogP contribution in [0.15, 0.2) is 48.7 Å². The molecule has 26 heavy (non-hydrogen) atoms. The molecule has 1 aromatic carbocycles. The summed E-state index contributed by atoms with van der Waals surface area (Å²) in [4.78, 5) is 16.6. The van der Waals surface area contributed by atoms with Crippen LogP contribution in [0.3, 0.4) is 0 Å². The van der Waals surface area contributed by atoms with Gasteiger partial charge >= 0.3 is 0 Å². The number of hydrogen-bond donors (Lipinski definition) is 2. The number of nitrogens with zero attached hydrogens (tertiary/aromatic N) is 1. The fraction of sp³-hybridized carbons (Fsp3) is 0.455. The first-order valence-electron chi connectivity index (χ1n) is 9.81. The molecule has 2 aliphatic rings. The fourth-order valence-corrected chi connectivity index (χ4v) is 3.57. The molecule has 1 heterocycles. The van der Waals surface area contributed by atoms with Gasteiger partial charge in [-0.1, -0.05) is 24.6 Å². The molecular weight excluding hydrogens is 322 g/mol. The third kappa shape index (κ3) is 4.50. The van der Waals surface area contributed by atoms with E-state index in [0.717, 1.165) is 43.1 Å². The predicted octanol–water partition coefficient (Wildman–Crippen LogP) is 3.93. The van der Waals surface area contributed by atoms with Gasteiger partial charge in [0.25, 0.3) is 0 Å². The number of aromatic nitrogens is 1. The topological polar surface area (TPSA) is 54.0 Å². The lowest BCUT2D eigenvalue weighted by Gasteiger charge is -2.24. The van der Waals surface area contributed by atoms with Crippen molar-refractivity contribution in [2.45, 2.75) is 51.1 Å². The molecular formula is C22H27N3O. The molecule has 0 bridgehead atoms. The highest BCUT2D eigenvalue weighted by Gasteiger charge is 2.31. The van der Waals surface area contributed by atoms with Crippen LogP contribution in [-0.2, 0) is 17.8 Å². The lowest BCUT2D eigenvalue weighted by Crippen LogP contribution is -2.33. The molecule has 2 saturated carbocycles. The molecule has 0 saturated heterocycles. The Morgan fingerprint density at radius 3 is 2.69 bits per heavy atom. The number of nitrogens with one attached hydrogen (secondary N) is 2. The summed E-state index contributed by atoms with van der Waals surface area (Å²) in [5, 5.41) is 6.79. The molecule has 1 atom stereocenters. The van der Waals surface area contributed by atoms with Crippen molar-refractivity contribution in [3.05, 3.63) is 59.9 Å². The molecule has 1 aromatic heterocycles. The third-order valence-electron chi connectivity index (χ3n) is 5.59. The molecule has 2 aliphatic carbocycles. The van der Waals surface area contributed by atoms with Crippen molar-refractivity contribution < 1.29 is 4.79 Å². The Balaban J connectivity index is 1.34. The zero-order valence-corrected chi connectivity index (χ0v) is 15.2. The van der Waals surface area contributed by atoms with Crippen LogP contribution >= 0.6 is 0 Å². The lowest BCUT2D eigenvalue weighted by atomic mass is 9.85. The first-order chi connectivity index (χ1) is 12.8. The standard InChI is InChI=1S/C22H27N3O/c26-22(18-6-4-7-18)25-20-9-3-5-16(13-20)15-24-21(17-10-11-17)14-19-8-1-2-12-23-19/h1-3,5,8-9,12-13,17-18,21,24H,4,6-7,10-11,14-15H2,(H,25,26). The summed E-state index contributed by atoms with van der Waals surface area (Å²) in [6, 6.07) is 14.8. The van der Waals surface area contributed by atoms with E-state index >= 15 is 0 Å². The molecule has 136 valence electrons. The highest BCUT2D eigenvalue weighted by atomic mass is 16.1. The summed E-state index contributed by atoms with van der Waals surface area (Å²) in [5.74, 6) is 1.15. The SMILES string of the molecule is O=C(Nc1cccc(CNC(Cc2ccccn2)C2CC2)c1)C1CCC1. The van der Waals surface area contributed by atoms with Gasteiger partial charge in [-0.05, 0) is 61.4 Å². The zero-order chi connectivity index (χ0) is 17.8. The van der Waals surface area contributed by atoms with E-state index in [4.69, 9.17) is 0 Å². The molecule has 1 amide bonds. The second-order valence-electron chi connectivity index (χ2n) is 7.67. The maximum atomic E-state index is 12.1. The van der Waals surface area contributed by atoms with E-state index in [1.54, 1.807) is 0 Å². The van der Waals surface area contributed by atoms with Crippen molar-refractivity contribution in [3.8, 4) is 0 Å². The summed E-state index contributed by atoms with van der Waals surface area (Å²) in [6.45, 7) is 0.821. The molecule has 0 aliphatic heterocycles. The van der Waals surface area contributed by atoms with Crippen LogP contribution in [0.1, 0.15) is 43.4 Å². The van der Waals surface area contributed by atoms with Gasteiger partial charge < -0.3 is 10.6 Å². The second-order valence-corrected chi connectivity index (χ2v) is 7.67. The maximum Gasteiger partial charge on any atom is 0.227 e. The quantitative estimate of drug-likeness (QED) is 0.759. The fourth-order valence-electron chi connectivity index (χ4n) is 3.57. The third-order valence-corrected chi connectivity index (χ3v) is 5.59. The molecule has 2 fully saturated rings. The van der Waals surface area contributed by atoms with Gasteiger partial charge in [-0.25, -0.2) is 0 Å². The number of carbonyl (C=O) groups is 1. The van der Waals surface area contributed by atoms with Crippen molar-refractivity contribution >= 4 is 11.6 Å². The highest BCUT2D eigenvalue weighted by molar-refractivity contribution is 5.93. The molecule has 0 spiro atoms. The lowest BCUT2D eigenvalue weighted by molar-refractivity contribution is -0.122. The van der Waals surface area contributed by atoms with E-state index in [-0.39, 0.29) is 11.8 Å². The van der Waals surface area contributed by atoms with Gasteiger partial charge in [0.1, 0.15) is 0 Å². The summed E-state index contributed by atoms with van der Waals surface area (Å²) >= 11 is 0. The summed E-state index contributed by atoms with van der Waals surface area (Å²) < 4.78 is 0. The van der Waals surface area contributed by atoms with Crippen LogP contribution in [0.4, 0.5) is 5.69 Å². The molecule has 2 N–H and O–H groups in total. The van der Waals surface area contributed by atoms with Gasteiger partial charge in [0.05, 0.1) is 0 Å². The zero-order valence-electron chi connectivity index (χ0n) is 15.2. The minimum atomic E-state index is 0.173. The Hall–Kier alpha value is -2.20. The molecule has 4 rings (SSSR count). The average Bonchev–Trinajstić information content (AvgIpc) is 3.43. The monoisotopic (exact) mass is 349 g/mol. The maximum absolute atomic E-state index is 12.1. The van der Waals surface area contributed by atoms with E-state index in [9.17, 15) is 4.79 Å². The van der Waals surface area contributed by atoms with Crippen LogP contribution in [0.2, 0.25) is 0 Å². The van der Waals surface area contributed by atoms with Crippen molar-refractivity contribution in [3.63, 3.8) is 0 Å². The van der Waals surface area contributed by atoms with Crippen LogP contribution in [0.5, 0.6) is 0 Å². The van der Waals surface area contributed by atoms with Crippen LogP contribution in [-0.4, -0.2) is 16.9 Å². The number of pyridine rings is 1. The molecule has 0 radical (unpaired) electrons. The van der Waals surface area contributed by atoms with E-state index in [1.165, 1.54) is 24.8 Å². The Morgan fingerprint density at radius 1 is 1.12 bits per heavy atom. The number of benzene rings is 1. The van der Waals surface area contributed by atoms with E-state index in [2.05, 4.69) is 39.9 Å².